The average molecular weight is 374 g/mol. The molecule has 0 aliphatic rings. The van der Waals surface area contributed by atoms with Gasteiger partial charge in [0.15, 0.2) is 6.61 Å². The molecule has 5 heteroatoms. The van der Waals surface area contributed by atoms with Crippen molar-refractivity contribution >= 4 is 17.5 Å². The van der Waals surface area contributed by atoms with Crippen LogP contribution < -0.4 is 15.4 Å². The predicted molar refractivity (Wildman–Crippen MR) is 109 cm³/mol. The van der Waals surface area contributed by atoms with Gasteiger partial charge in [-0.3, -0.25) is 9.59 Å². The standard InChI is InChI=1S/C23H22N2O3/c1-17(26)24-20-13-8-14-21(15-20)28-16-22(27)25-23(18-9-4-2-5-10-18)19-11-6-3-7-12-19/h2-15,23H,16H2,1H3,(H,24,26)(H,25,27). The van der Waals surface area contributed by atoms with Gasteiger partial charge in [-0.25, -0.2) is 0 Å². The average Bonchev–Trinajstić information content (AvgIpc) is 2.71. The first-order chi connectivity index (χ1) is 13.6. The Labute approximate surface area is 164 Å². The van der Waals surface area contributed by atoms with Gasteiger partial charge in [0.2, 0.25) is 5.91 Å². The summed E-state index contributed by atoms with van der Waals surface area (Å²) in [6.07, 6.45) is 0. The summed E-state index contributed by atoms with van der Waals surface area (Å²) in [6.45, 7) is 1.31. The second-order valence-electron chi connectivity index (χ2n) is 6.32. The maximum atomic E-state index is 12.5. The van der Waals surface area contributed by atoms with Gasteiger partial charge in [0.1, 0.15) is 5.75 Å². The van der Waals surface area contributed by atoms with Crippen molar-refractivity contribution in [2.45, 2.75) is 13.0 Å². The van der Waals surface area contributed by atoms with E-state index in [2.05, 4.69) is 10.6 Å². The van der Waals surface area contributed by atoms with Gasteiger partial charge in [-0.2, -0.15) is 0 Å². The number of carbonyl (C=O) groups excluding carboxylic acids is 2. The summed E-state index contributed by atoms with van der Waals surface area (Å²) in [4.78, 5) is 23.7. The van der Waals surface area contributed by atoms with Crippen molar-refractivity contribution in [3.63, 3.8) is 0 Å². The van der Waals surface area contributed by atoms with Gasteiger partial charge in [0, 0.05) is 18.7 Å². The highest BCUT2D eigenvalue weighted by atomic mass is 16.5. The molecule has 0 unspecified atom stereocenters. The maximum absolute atomic E-state index is 12.5. The summed E-state index contributed by atoms with van der Waals surface area (Å²) < 4.78 is 5.60. The number of hydrogen-bond acceptors (Lipinski definition) is 3. The molecular weight excluding hydrogens is 352 g/mol. The number of benzene rings is 3. The van der Waals surface area contributed by atoms with Gasteiger partial charge >= 0.3 is 0 Å². The molecule has 0 spiro atoms. The molecule has 0 aliphatic carbocycles. The fourth-order valence-corrected chi connectivity index (χ4v) is 2.87. The third-order valence-corrected chi connectivity index (χ3v) is 4.10. The Morgan fingerprint density at radius 1 is 0.857 bits per heavy atom. The third kappa shape index (κ3) is 5.45. The van der Waals surface area contributed by atoms with Crippen LogP contribution in [0.15, 0.2) is 84.9 Å². The highest BCUT2D eigenvalue weighted by Gasteiger charge is 2.16. The van der Waals surface area contributed by atoms with E-state index < -0.39 is 0 Å². The molecule has 0 radical (unpaired) electrons. The molecule has 28 heavy (non-hydrogen) atoms. The Morgan fingerprint density at radius 2 is 1.46 bits per heavy atom. The van der Waals surface area contributed by atoms with E-state index in [0.717, 1.165) is 11.1 Å². The Kier molecular flexibility index (Phi) is 6.41. The van der Waals surface area contributed by atoms with Crippen LogP contribution in [0, 0.1) is 0 Å². The van der Waals surface area contributed by atoms with E-state index in [4.69, 9.17) is 4.74 Å². The Balaban J connectivity index is 1.67. The quantitative estimate of drug-likeness (QED) is 0.658. The van der Waals surface area contributed by atoms with Gasteiger partial charge in [0.25, 0.3) is 5.91 Å². The van der Waals surface area contributed by atoms with E-state index in [1.165, 1.54) is 6.92 Å². The van der Waals surface area contributed by atoms with Crippen LogP contribution in [0.5, 0.6) is 5.75 Å². The van der Waals surface area contributed by atoms with Crippen LogP contribution in [0.3, 0.4) is 0 Å². The number of rotatable bonds is 7. The van der Waals surface area contributed by atoms with Gasteiger partial charge in [0.05, 0.1) is 6.04 Å². The monoisotopic (exact) mass is 374 g/mol. The lowest BCUT2D eigenvalue weighted by atomic mass is 9.99. The van der Waals surface area contributed by atoms with E-state index in [1.54, 1.807) is 24.3 Å². The topological polar surface area (TPSA) is 67.4 Å². The highest BCUT2D eigenvalue weighted by Crippen LogP contribution is 2.22. The molecular formula is C23H22N2O3. The molecule has 0 heterocycles. The van der Waals surface area contributed by atoms with Crippen molar-refractivity contribution < 1.29 is 14.3 Å². The highest BCUT2D eigenvalue weighted by molar-refractivity contribution is 5.88. The minimum Gasteiger partial charge on any atom is -0.484 e. The lowest BCUT2D eigenvalue weighted by Crippen LogP contribution is -2.33. The van der Waals surface area contributed by atoms with Crippen molar-refractivity contribution in [3.05, 3.63) is 96.1 Å². The van der Waals surface area contributed by atoms with E-state index in [0.29, 0.717) is 11.4 Å². The zero-order valence-corrected chi connectivity index (χ0v) is 15.6. The van der Waals surface area contributed by atoms with Crippen LogP contribution in [0.1, 0.15) is 24.1 Å². The smallest absolute Gasteiger partial charge is 0.258 e. The molecule has 0 atom stereocenters. The van der Waals surface area contributed by atoms with Gasteiger partial charge in [-0.15, -0.1) is 0 Å². The minimum absolute atomic E-state index is 0.125. The van der Waals surface area contributed by atoms with E-state index in [9.17, 15) is 9.59 Å². The second kappa shape index (κ2) is 9.37. The zero-order valence-electron chi connectivity index (χ0n) is 15.6. The molecule has 0 bridgehead atoms. The molecule has 2 N–H and O–H groups in total. The van der Waals surface area contributed by atoms with Gasteiger partial charge < -0.3 is 15.4 Å². The predicted octanol–water partition coefficient (Wildman–Crippen LogP) is 3.93. The Bertz CT molecular complexity index is 887. The SMILES string of the molecule is CC(=O)Nc1cccc(OCC(=O)NC(c2ccccc2)c2ccccc2)c1. The van der Waals surface area contributed by atoms with Crippen LogP contribution in [-0.4, -0.2) is 18.4 Å². The van der Waals surface area contributed by atoms with E-state index in [-0.39, 0.29) is 24.5 Å². The number of carbonyl (C=O) groups is 2. The minimum atomic E-state index is -0.260. The molecule has 0 aromatic heterocycles. The van der Waals surface area contributed by atoms with Crippen LogP contribution in [0.25, 0.3) is 0 Å². The van der Waals surface area contributed by atoms with Crippen LogP contribution in [-0.2, 0) is 9.59 Å². The van der Waals surface area contributed by atoms with Gasteiger partial charge in [-0.1, -0.05) is 66.7 Å². The van der Waals surface area contributed by atoms with Crippen molar-refractivity contribution in [1.29, 1.82) is 0 Å². The molecule has 0 saturated carbocycles. The summed E-state index contributed by atoms with van der Waals surface area (Å²) >= 11 is 0. The first-order valence-electron chi connectivity index (χ1n) is 9.01. The summed E-state index contributed by atoms with van der Waals surface area (Å²) in [6, 6.07) is 26.3. The maximum Gasteiger partial charge on any atom is 0.258 e. The Hall–Kier alpha value is -3.60. The molecule has 2 amide bonds. The van der Waals surface area contributed by atoms with Gasteiger partial charge in [-0.05, 0) is 23.3 Å². The fourth-order valence-electron chi connectivity index (χ4n) is 2.87. The fraction of sp³-hybridized carbons (Fsp3) is 0.130. The first kappa shape index (κ1) is 19.2. The van der Waals surface area contributed by atoms with E-state index >= 15 is 0 Å². The molecule has 3 aromatic rings. The van der Waals surface area contributed by atoms with Crippen molar-refractivity contribution in [2.75, 3.05) is 11.9 Å². The normalized spacial score (nSPS) is 10.4. The van der Waals surface area contributed by atoms with Crippen LogP contribution in [0.2, 0.25) is 0 Å². The third-order valence-electron chi connectivity index (χ3n) is 4.10. The number of hydrogen-bond donors (Lipinski definition) is 2. The van der Waals surface area contributed by atoms with E-state index in [1.807, 2.05) is 60.7 Å². The zero-order chi connectivity index (χ0) is 19.8. The molecule has 3 aromatic carbocycles. The van der Waals surface area contributed by atoms with Crippen LogP contribution >= 0.6 is 0 Å². The number of anilines is 1. The summed E-state index contributed by atoms with van der Waals surface area (Å²) in [5.41, 5.74) is 2.61. The number of amides is 2. The molecule has 3 rings (SSSR count). The number of nitrogens with one attached hydrogen (secondary N) is 2. The second-order valence-corrected chi connectivity index (χ2v) is 6.32. The van der Waals surface area contributed by atoms with Crippen molar-refractivity contribution in [2.24, 2.45) is 0 Å². The molecule has 0 aliphatic heterocycles. The Morgan fingerprint density at radius 3 is 2.04 bits per heavy atom. The largest absolute Gasteiger partial charge is 0.484 e. The lowest BCUT2D eigenvalue weighted by molar-refractivity contribution is -0.123. The van der Waals surface area contributed by atoms with Crippen molar-refractivity contribution in [1.82, 2.24) is 5.32 Å². The summed E-state index contributed by atoms with van der Waals surface area (Å²) in [5, 5.41) is 5.72. The summed E-state index contributed by atoms with van der Waals surface area (Å²) in [7, 11) is 0. The summed E-state index contributed by atoms with van der Waals surface area (Å²) in [5.74, 6) is 0.114. The molecule has 142 valence electrons. The molecule has 0 fully saturated rings. The lowest BCUT2D eigenvalue weighted by Gasteiger charge is -2.20. The number of ether oxygens (including phenoxy) is 1. The van der Waals surface area contributed by atoms with Crippen molar-refractivity contribution in [3.8, 4) is 5.75 Å². The first-order valence-corrected chi connectivity index (χ1v) is 9.01. The molecule has 5 nitrogen and oxygen atoms in total. The van der Waals surface area contributed by atoms with Crippen LogP contribution in [0.4, 0.5) is 5.69 Å². The molecule has 0 saturated heterocycles.